The number of hydrogen-bond donors (Lipinski definition) is 2. The van der Waals surface area contributed by atoms with Crippen molar-refractivity contribution in [1.29, 1.82) is 0 Å². The first-order valence-corrected chi connectivity index (χ1v) is 11.0. The van der Waals surface area contributed by atoms with E-state index in [-0.39, 0.29) is 17.6 Å². The van der Waals surface area contributed by atoms with E-state index in [1.165, 1.54) is 14.0 Å². The van der Waals surface area contributed by atoms with E-state index in [1.807, 2.05) is 24.3 Å². The van der Waals surface area contributed by atoms with Gasteiger partial charge in [-0.2, -0.15) is 9.97 Å². The summed E-state index contributed by atoms with van der Waals surface area (Å²) in [6.45, 7) is 2.32. The van der Waals surface area contributed by atoms with Crippen LogP contribution in [0.4, 0.5) is 5.95 Å². The van der Waals surface area contributed by atoms with Gasteiger partial charge in [-0.1, -0.05) is 41.6 Å². The molecular formula is C21H20ClN5O4S. The average molecular weight is 474 g/mol. The molecule has 0 fully saturated rings. The van der Waals surface area contributed by atoms with Crippen LogP contribution < -0.4 is 11.1 Å². The number of hydrogen-bond acceptors (Lipinski definition) is 9. The number of anilines is 1. The van der Waals surface area contributed by atoms with Gasteiger partial charge in [0.25, 0.3) is 0 Å². The van der Waals surface area contributed by atoms with Gasteiger partial charge in [0.05, 0.1) is 25.3 Å². The van der Waals surface area contributed by atoms with Gasteiger partial charge in [0.2, 0.25) is 11.9 Å². The van der Waals surface area contributed by atoms with E-state index in [0.717, 1.165) is 33.7 Å². The predicted octanol–water partition coefficient (Wildman–Crippen LogP) is 2.73. The normalized spacial score (nSPS) is 13.6. The number of thioether (sulfide) groups is 1. The number of amides is 1. The lowest BCUT2D eigenvalue weighted by Gasteiger charge is -2.20. The highest BCUT2D eigenvalue weighted by atomic mass is 35.5. The molecule has 0 saturated heterocycles. The number of nitrogens with zero attached hydrogens (tertiary/aromatic N) is 3. The third kappa shape index (κ3) is 4.47. The number of methoxy groups -OCH3 is 1. The van der Waals surface area contributed by atoms with E-state index in [0.29, 0.717) is 34.8 Å². The van der Waals surface area contributed by atoms with Crippen LogP contribution >= 0.6 is 23.4 Å². The molecule has 2 aromatic carbocycles. The minimum absolute atomic E-state index is 0.0199. The van der Waals surface area contributed by atoms with E-state index < -0.39 is 12.0 Å². The number of rotatable bonds is 6. The molecule has 0 bridgehead atoms. The number of nitrogens with two attached hydrogens (primary N) is 1. The number of ether oxygens (including phenoxy) is 2. The summed E-state index contributed by atoms with van der Waals surface area (Å²) in [4.78, 5) is 36.4. The van der Waals surface area contributed by atoms with E-state index in [4.69, 9.17) is 26.8 Å². The highest BCUT2D eigenvalue weighted by Crippen LogP contribution is 2.39. The molecule has 0 radical (unpaired) electrons. The van der Waals surface area contributed by atoms with E-state index in [1.54, 1.807) is 0 Å². The van der Waals surface area contributed by atoms with Crippen molar-refractivity contribution >= 4 is 52.0 Å². The summed E-state index contributed by atoms with van der Waals surface area (Å²) >= 11 is 7.79. The first-order valence-electron chi connectivity index (χ1n) is 9.67. The van der Waals surface area contributed by atoms with Gasteiger partial charge < -0.3 is 20.5 Å². The molecule has 3 N–H and O–H groups in total. The monoisotopic (exact) mass is 473 g/mol. The standard InChI is InChI=1S/C21H20ClN5O4S/c1-10(28)24-15(19(29)30-2)9-32-21-26-18(25-20(23)27-21)17-13-5-3-4-11-7-31-8-12(16(11)13)6-14(17)22/h3-6,15H,7-9H2,1-2H3,(H,24,28)(H2,23,25,26,27)/t15-/m0/s1. The molecule has 1 atom stereocenters. The number of esters is 1. The molecule has 32 heavy (non-hydrogen) atoms. The summed E-state index contributed by atoms with van der Waals surface area (Å²) < 4.78 is 10.4. The third-order valence-electron chi connectivity index (χ3n) is 4.89. The number of carbonyl (C=O) groups excluding carboxylic acids is 2. The zero-order valence-electron chi connectivity index (χ0n) is 17.3. The van der Waals surface area contributed by atoms with Crippen LogP contribution in [0.3, 0.4) is 0 Å². The maximum absolute atomic E-state index is 12.0. The second kappa shape index (κ2) is 9.27. The lowest BCUT2D eigenvalue weighted by atomic mass is 9.94. The summed E-state index contributed by atoms with van der Waals surface area (Å²) in [5.74, 6) is -0.412. The molecule has 0 saturated carbocycles. The van der Waals surface area contributed by atoms with Crippen LogP contribution in [-0.2, 0) is 32.3 Å². The van der Waals surface area contributed by atoms with E-state index in [2.05, 4.69) is 20.3 Å². The molecule has 9 nitrogen and oxygen atoms in total. The van der Waals surface area contributed by atoms with Crippen LogP contribution in [0.1, 0.15) is 18.1 Å². The maximum atomic E-state index is 12.0. The number of aromatic nitrogens is 3. The van der Waals surface area contributed by atoms with Gasteiger partial charge in [0.15, 0.2) is 11.0 Å². The van der Waals surface area contributed by atoms with Gasteiger partial charge in [-0.05, 0) is 28.0 Å². The Hall–Kier alpha value is -2.95. The number of nitrogens with one attached hydrogen (secondary N) is 1. The van der Waals surface area contributed by atoms with Crippen molar-refractivity contribution in [1.82, 2.24) is 20.3 Å². The number of nitrogen functional groups attached to an aromatic ring is 1. The molecule has 0 spiro atoms. The average Bonchev–Trinajstić information content (AvgIpc) is 2.75. The SMILES string of the molecule is COC(=O)[C@H](CSc1nc(N)nc(-c2c(Cl)cc3c4c(cccc24)COC3)n1)NC(C)=O. The third-order valence-corrected chi connectivity index (χ3v) is 6.13. The Balaban J connectivity index is 1.72. The Morgan fingerprint density at radius 2 is 2.06 bits per heavy atom. The van der Waals surface area contributed by atoms with Crippen molar-refractivity contribution in [2.45, 2.75) is 31.3 Å². The van der Waals surface area contributed by atoms with Crippen LogP contribution in [0.15, 0.2) is 29.4 Å². The maximum Gasteiger partial charge on any atom is 0.329 e. The fourth-order valence-corrected chi connectivity index (χ4v) is 4.77. The zero-order chi connectivity index (χ0) is 22.8. The Bertz CT molecular complexity index is 1220. The quantitative estimate of drug-likeness (QED) is 0.410. The number of halogens is 1. The molecule has 0 aliphatic carbocycles. The van der Waals surface area contributed by atoms with Crippen molar-refractivity contribution in [2.75, 3.05) is 18.6 Å². The van der Waals surface area contributed by atoms with Gasteiger partial charge in [-0.15, -0.1) is 0 Å². The molecule has 1 amide bonds. The minimum Gasteiger partial charge on any atom is -0.467 e. The molecule has 2 heterocycles. The van der Waals surface area contributed by atoms with Crippen molar-refractivity contribution in [3.63, 3.8) is 0 Å². The van der Waals surface area contributed by atoms with Crippen molar-refractivity contribution in [3.8, 4) is 11.4 Å². The Labute approximate surface area is 193 Å². The van der Waals surface area contributed by atoms with Crippen LogP contribution in [0.25, 0.3) is 22.2 Å². The molecule has 1 aromatic heterocycles. The number of carbonyl (C=O) groups is 2. The summed E-state index contributed by atoms with van der Waals surface area (Å²) in [6.07, 6.45) is 0. The molecule has 11 heteroatoms. The minimum atomic E-state index is -0.854. The fourth-order valence-electron chi connectivity index (χ4n) is 3.61. The van der Waals surface area contributed by atoms with E-state index in [9.17, 15) is 9.59 Å². The Kier molecular flexibility index (Phi) is 6.45. The largest absolute Gasteiger partial charge is 0.467 e. The number of benzene rings is 2. The summed E-state index contributed by atoms with van der Waals surface area (Å²) in [6, 6.07) is 6.92. The first-order chi connectivity index (χ1) is 15.4. The second-order valence-corrected chi connectivity index (χ2v) is 8.51. The summed E-state index contributed by atoms with van der Waals surface area (Å²) in [7, 11) is 1.26. The lowest BCUT2D eigenvalue weighted by molar-refractivity contribution is -0.144. The molecule has 4 rings (SSSR count). The Morgan fingerprint density at radius 1 is 1.28 bits per heavy atom. The van der Waals surface area contributed by atoms with Gasteiger partial charge in [-0.25, -0.2) is 9.78 Å². The van der Waals surface area contributed by atoms with Crippen molar-refractivity contribution in [2.24, 2.45) is 0 Å². The van der Waals surface area contributed by atoms with Gasteiger partial charge in [0.1, 0.15) is 6.04 Å². The highest BCUT2D eigenvalue weighted by molar-refractivity contribution is 7.99. The van der Waals surface area contributed by atoms with Gasteiger partial charge in [-0.3, -0.25) is 4.79 Å². The van der Waals surface area contributed by atoms with Crippen LogP contribution in [0.2, 0.25) is 5.02 Å². The summed E-state index contributed by atoms with van der Waals surface area (Å²) in [5, 5.41) is 5.30. The topological polar surface area (TPSA) is 129 Å². The highest BCUT2D eigenvalue weighted by Gasteiger charge is 2.23. The van der Waals surface area contributed by atoms with Gasteiger partial charge >= 0.3 is 5.97 Å². The molecule has 3 aromatic rings. The second-order valence-electron chi connectivity index (χ2n) is 7.11. The van der Waals surface area contributed by atoms with Gasteiger partial charge in [0, 0.05) is 18.2 Å². The van der Waals surface area contributed by atoms with Crippen LogP contribution in [-0.4, -0.2) is 45.7 Å². The zero-order valence-corrected chi connectivity index (χ0v) is 18.9. The first kappa shape index (κ1) is 22.3. The molecule has 0 unspecified atom stereocenters. The Morgan fingerprint density at radius 3 is 2.81 bits per heavy atom. The molecular weight excluding hydrogens is 454 g/mol. The summed E-state index contributed by atoms with van der Waals surface area (Å²) in [5.41, 5.74) is 8.68. The lowest BCUT2D eigenvalue weighted by Crippen LogP contribution is -2.42. The van der Waals surface area contributed by atoms with Crippen molar-refractivity contribution in [3.05, 3.63) is 40.4 Å². The smallest absolute Gasteiger partial charge is 0.329 e. The molecule has 166 valence electrons. The predicted molar refractivity (Wildman–Crippen MR) is 121 cm³/mol. The fraction of sp³-hybridized carbons (Fsp3) is 0.286. The molecule has 1 aliphatic heterocycles. The van der Waals surface area contributed by atoms with Crippen molar-refractivity contribution < 1.29 is 19.1 Å². The van der Waals surface area contributed by atoms with Crippen LogP contribution in [0.5, 0.6) is 0 Å². The van der Waals surface area contributed by atoms with Crippen LogP contribution in [0, 0.1) is 0 Å². The molecule has 1 aliphatic rings. The van der Waals surface area contributed by atoms with E-state index >= 15 is 0 Å².